The minimum Gasteiger partial charge on any atom is -0.550 e. The zero-order valence-corrected chi connectivity index (χ0v) is 16.1. The highest BCUT2D eigenvalue weighted by molar-refractivity contribution is 5.88. The summed E-state index contributed by atoms with van der Waals surface area (Å²) < 4.78 is 4.82. The molecular weight excluding hydrogens is 380 g/mol. The fourth-order valence-corrected chi connectivity index (χ4v) is 2.16. The number of carboxylic acid groups (broad SMARTS) is 2. The average molecular weight is 404 g/mol. The van der Waals surface area contributed by atoms with E-state index in [0.717, 1.165) is 5.82 Å². The van der Waals surface area contributed by atoms with Crippen LogP contribution < -0.4 is 26.5 Å². The number of pyridine rings is 1. The standard InChI is InChI=1S/C16H20N4O2.C3H4O4/c1-3-22-16(21)19-13-9-10-14(20-15(13)17)18-11(2)12-7-5-4-6-8-12;4-2(5)1-3(6)7/h4-11H,3H2,1-2H3,(H,19,21)(H3,17,18,20);1H2,(H,4,5)(H,6,7). The number of hydrogen-bond donors (Lipinski definition) is 4. The molecule has 10 heteroatoms. The molecule has 1 amide bonds. The molecule has 0 spiro atoms. The Morgan fingerprint density at radius 2 is 1.86 bits per heavy atom. The summed E-state index contributed by atoms with van der Waals surface area (Å²) in [4.78, 5) is 33.1. The van der Waals surface area contributed by atoms with E-state index in [4.69, 9.17) is 15.6 Å². The third kappa shape index (κ3) is 9.09. The van der Waals surface area contributed by atoms with E-state index in [1.165, 1.54) is 5.56 Å². The van der Waals surface area contributed by atoms with Crippen molar-refractivity contribution in [3.8, 4) is 0 Å². The lowest BCUT2D eigenvalue weighted by molar-refractivity contribution is -0.342. The molecule has 1 unspecified atom stereocenters. The number of aromatic nitrogens is 1. The largest absolute Gasteiger partial charge is 0.550 e. The number of carboxylic acids is 2. The molecule has 0 fully saturated rings. The van der Waals surface area contributed by atoms with Gasteiger partial charge in [0.05, 0.1) is 25.0 Å². The number of aromatic amines is 1. The van der Waals surface area contributed by atoms with Crippen LogP contribution in [-0.4, -0.2) is 29.7 Å². The van der Waals surface area contributed by atoms with E-state index < -0.39 is 24.5 Å². The fraction of sp³-hybridized carbons (Fsp3) is 0.263. The molecule has 0 saturated carbocycles. The summed E-state index contributed by atoms with van der Waals surface area (Å²) >= 11 is 0. The summed E-state index contributed by atoms with van der Waals surface area (Å²) in [5.74, 6) is -1.81. The molecule has 1 aromatic heterocycles. The van der Waals surface area contributed by atoms with Gasteiger partial charge < -0.3 is 25.5 Å². The van der Waals surface area contributed by atoms with Gasteiger partial charge in [-0.3, -0.25) is 15.4 Å². The number of aliphatic carboxylic acids is 2. The summed E-state index contributed by atoms with van der Waals surface area (Å²) in [6.07, 6.45) is -1.44. The van der Waals surface area contributed by atoms with Gasteiger partial charge in [-0.25, -0.2) is 9.78 Å². The van der Waals surface area contributed by atoms with E-state index in [-0.39, 0.29) is 6.04 Å². The van der Waals surface area contributed by atoms with Gasteiger partial charge in [0, 0.05) is 6.07 Å². The number of carbonyl (C=O) groups is 3. The van der Waals surface area contributed by atoms with Crippen molar-refractivity contribution >= 4 is 35.4 Å². The van der Waals surface area contributed by atoms with E-state index in [0.29, 0.717) is 18.1 Å². The van der Waals surface area contributed by atoms with Crippen molar-refractivity contribution < 1.29 is 34.3 Å². The third-order valence-corrected chi connectivity index (χ3v) is 3.46. The molecule has 1 heterocycles. The summed E-state index contributed by atoms with van der Waals surface area (Å²) in [7, 11) is 0. The lowest BCUT2D eigenvalue weighted by Crippen LogP contribution is -2.24. The van der Waals surface area contributed by atoms with Crippen LogP contribution in [0.4, 0.5) is 22.1 Å². The molecule has 0 bridgehead atoms. The topological polar surface area (TPSA) is 168 Å². The number of ether oxygens (including phenoxy) is 1. The van der Waals surface area contributed by atoms with Crippen LogP contribution in [0, 0.1) is 0 Å². The zero-order valence-electron chi connectivity index (χ0n) is 16.1. The van der Waals surface area contributed by atoms with E-state index >= 15 is 0 Å². The number of H-pyrrole nitrogens is 1. The molecule has 1 atom stereocenters. The Morgan fingerprint density at radius 1 is 1.21 bits per heavy atom. The van der Waals surface area contributed by atoms with Crippen LogP contribution >= 0.6 is 0 Å². The number of anilines is 3. The molecule has 10 nitrogen and oxygen atoms in total. The first-order valence-electron chi connectivity index (χ1n) is 8.71. The second kappa shape index (κ2) is 11.8. The van der Waals surface area contributed by atoms with Gasteiger partial charge in [0.15, 0.2) is 0 Å². The van der Waals surface area contributed by atoms with Crippen molar-refractivity contribution in [2.75, 3.05) is 23.0 Å². The van der Waals surface area contributed by atoms with Gasteiger partial charge in [-0.2, -0.15) is 0 Å². The van der Waals surface area contributed by atoms with Crippen molar-refractivity contribution in [1.82, 2.24) is 0 Å². The fourth-order valence-electron chi connectivity index (χ4n) is 2.16. The zero-order chi connectivity index (χ0) is 21.8. The maximum absolute atomic E-state index is 11.4. The number of nitrogens with one attached hydrogen (secondary N) is 3. The van der Waals surface area contributed by atoms with Crippen LogP contribution in [0.2, 0.25) is 0 Å². The number of benzene rings is 1. The first-order chi connectivity index (χ1) is 13.7. The van der Waals surface area contributed by atoms with Crippen LogP contribution in [0.15, 0.2) is 42.5 Å². The quantitative estimate of drug-likeness (QED) is 0.496. The predicted molar refractivity (Wildman–Crippen MR) is 104 cm³/mol. The molecule has 29 heavy (non-hydrogen) atoms. The average Bonchev–Trinajstić information content (AvgIpc) is 2.64. The predicted octanol–water partition coefficient (Wildman–Crippen LogP) is 1.04. The number of carbonyl (C=O) groups excluding carboxylic acids is 2. The highest BCUT2D eigenvalue weighted by Gasteiger charge is 2.13. The molecule has 0 aliphatic rings. The molecule has 0 aliphatic heterocycles. The van der Waals surface area contributed by atoms with E-state index in [1.807, 2.05) is 24.3 Å². The highest BCUT2D eigenvalue weighted by Crippen LogP contribution is 2.19. The minimum atomic E-state index is -1.56. The van der Waals surface area contributed by atoms with Gasteiger partial charge in [-0.15, -0.1) is 0 Å². The molecule has 0 aliphatic carbocycles. The monoisotopic (exact) mass is 404 g/mol. The van der Waals surface area contributed by atoms with Crippen LogP contribution in [0.25, 0.3) is 0 Å². The van der Waals surface area contributed by atoms with E-state index in [1.54, 1.807) is 13.0 Å². The summed E-state index contributed by atoms with van der Waals surface area (Å²) in [5, 5.41) is 22.9. The normalized spacial score (nSPS) is 10.7. The molecule has 6 N–H and O–H groups in total. The Labute approximate surface area is 167 Å². The first kappa shape index (κ1) is 23.2. The van der Waals surface area contributed by atoms with Crippen LogP contribution in [0.5, 0.6) is 0 Å². The number of nitrogens with two attached hydrogens (primary N) is 1. The second-order valence-electron chi connectivity index (χ2n) is 5.76. The van der Waals surface area contributed by atoms with Gasteiger partial charge in [0.25, 0.3) is 0 Å². The van der Waals surface area contributed by atoms with Crippen LogP contribution in [0.1, 0.15) is 31.9 Å². The summed E-state index contributed by atoms with van der Waals surface area (Å²) in [6.45, 7) is 4.11. The van der Waals surface area contributed by atoms with Gasteiger partial charge >= 0.3 is 12.1 Å². The maximum Gasteiger partial charge on any atom is 0.411 e. The number of amides is 1. The Balaban J connectivity index is 0.000000516. The summed E-state index contributed by atoms with van der Waals surface area (Å²) in [6, 6.07) is 13.8. The SMILES string of the molecule is CCOC(=O)Nc1ccc(NC(C)c2ccccc2)[nH+]c1N.O=C([O-])CC(=O)O. The minimum absolute atomic E-state index is 0.126. The lowest BCUT2D eigenvalue weighted by Gasteiger charge is -2.12. The van der Waals surface area contributed by atoms with Gasteiger partial charge in [0.2, 0.25) is 11.6 Å². The molecule has 2 rings (SSSR count). The Kier molecular flexibility index (Phi) is 9.45. The number of hydrogen-bond acceptors (Lipinski definition) is 7. The smallest absolute Gasteiger partial charge is 0.411 e. The third-order valence-electron chi connectivity index (χ3n) is 3.46. The van der Waals surface area contributed by atoms with Crippen LogP contribution in [-0.2, 0) is 14.3 Å². The molecule has 156 valence electrons. The van der Waals surface area contributed by atoms with Crippen LogP contribution in [0.3, 0.4) is 0 Å². The van der Waals surface area contributed by atoms with Gasteiger partial charge in [-0.05, 0) is 25.5 Å². The molecule has 0 saturated heterocycles. The second-order valence-corrected chi connectivity index (χ2v) is 5.76. The van der Waals surface area contributed by atoms with Crippen molar-refractivity contribution in [2.45, 2.75) is 26.3 Å². The molecule has 2 aromatic rings. The summed E-state index contributed by atoms with van der Waals surface area (Å²) in [5.41, 5.74) is 7.57. The van der Waals surface area contributed by atoms with Crippen molar-refractivity contribution in [3.63, 3.8) is 0 Å². The first-order valence-corrected chi connectivity index (χ1v) is 8.71. The maximum atomic E-state index is 11.4. The van der Waals surface area contributed by atoms with Crippen molar-refractivity contribution in [3.05, 3.63) is 48.0 Å². The van der Waals surface area contributed by atoms with Gasteiger partial charge in [0.1, 0.15) is 5.69 Å². The van der Waals surface area contributed by atoms with E-state index in [2.05, 4.69) is 34.7 Å². The molecule has 1 aromatic carbocycles. The highest BCUT2D eigenvalue weighted by atomic mass is 16.5. The number of rotatable bonds is 7. The van der Waals surface area contributed by atoms with Crippen molar-refractivity contribution in [2.24, 2.45) is 0 Å². The van der Waals surface area contributed by atoms with Crippen molar-refractivity contribution in [1.29, 1.82) is 0 Å². The Morgan fingerprint density at radius 3 is 2.34 bits per heavy atom. The molecule has 0 radical (unpaired) electrons. The lowest BCUT2D eigenvalue weighted by atomic mass is 10.1. The number of nitrogen functional groups attached to an aromatic ring is 1. The molecular formula is C19H24N4O6. The van der Waals surface area contributed by atoms with Gasteiger partial charge in [-0.1, -0.05) is 30.3 Å². The van der Waals surface area contributed by atoms with E-state index in [9.17, 15) is 19.5 Å². The Hall–Kier alpha value is -3.82. The Bertz CT molecular complexity index is 817.